The van der Waals surface area contributed by atoms with Crippen LogP contribution in [0.25, 0.3) is 0 Å². The Hall–Kier alpha value is -1.61. The van der Waals surface area contributed by atoms with Gasteiger partial charge in [-0.15, -0.1) is 0 Å². The number of benzene rings is 2. The van der Waals surface area contributed by atoms with Gasteiger partial charge in [-0.05, 0) is 0 Å². The van der Waals surface area contributed by atoms with Crippen molar-refractivity contribution in [2.24, 2.45) is 5.92 Å². The molecule has 0 aliphatic carbocycles. The Labute approximate surface area is 143 Å². The molecule has 0 unspecified atom stereocenters. The summed E-state index contributed by atoms with van der Waals surface area (Å²) < 4.78 is 12.6. The van der Waals surface area contributed by atoms with Crippen LogP contribution in [0.4, 0.5) is 0 Å². The van der Waals surface area contributed by atoms with Crippen LogP contribution in [-0.4, -0.2) is 34.1 Å². The monoisotopic (exact) mass is 376 g/mol. The summed E-state index contributed by atoms with van der Waals surface area (Å²) in [5.41, 5.74) is 1.04. The van der Waals surface area contributed by atoms with Crippen molar-refractivity contribution < 1.29 is 14.3 Å². The number of esters is 1. The Balaban J connectivity index is 1.90. The van der Waals surface area contributed by atoms with Crippen molar-refractivity contribution in [2.75, 3.05) is 7.11 Å². The summed E-state index contributed by atoms with van der Waals surface area (Å²) >= 11 is 0.156. The standard InChI is InChI=1S/C19H20O3Se/c1-13-18(23-15-11-7-4-8-12-15)16(19(20)21-2)17(22-13)14-9-5-3-6-10-14/h3-13,16-18H,1-2H3/t13-,16+,17+,18-/m0/s1. The Kier molecular flexibility index (Phi) is 5.16. The maximum absolute atomic E-state index is 12.5. The van der Waals surface area contributed by atoms with Gasteiger partial charge in [0.1, 0.15) is 0 Å². The zero-order valence-electron chi connectivity index (χ0n) is 13.2. The molecule has 1 aliphatic heterocycles. The molecule has 1 heterocycles. The number of methoxy groups -OCH3 is 1. The van der Waals surface area contributed by atoms with Gasteiger partial charge in [-0.25, -0.2) is 0 Å². The van der Waals surface area contributed by atoms with Crippen molar-refractivity contribution in [3.05, 3.63) is 66.2 Å². The topological polar surface area (TPSA) is 35.5 Å². The number of carbonyl (C=O) groups is 1. The van der Waals surface area contributed by atoms with Gasteiger partial charge in [-0.1, -0.05) is 0 Å². The zero-order chi connectivity index (χ0) is 16.2. The molecule has 0 aromatic heterocycles. The number of hydrogen-bond acceptors (Lipinski definition) is 3. The summed E-state index contributed by atoms with van der Waals surface area (Å²) in [4.78, 5) is 12.6. The maximum atomic E-state index is 12.5. The summed E-state index contributed by atoms with van der Waals surface area (Å²) in [6.07, 6.45) is -0.196. The van der Waals surface area contributed by atoms with E-state index >= 15 is 0 Å². The van der Waals surface area contributed by atoms with Gasteiger partial charge in [0.05, 0.1) is 0 Å². The third-order valence-electron chi connectivity index (χ3n) is 4.12. The predicted molar refractivity (Wildman–Crippen MR) is 90.8 cm³/mol. The van der Waals surface area contributed by atoms with E-state index in [9.17, 15) is 4.79 Å². The second kappa shape index (κ2) is 7.31. The molecule has 4 atom stereocenters. The molecule has 2 aromatic rings. The summed E-state index contributed by atoms with van der Waals surface area (Å²) in [7, 11) is 1.46. The van der Waals surface area contributed by atoms with Crippen molar-refractivity contribution in [1.82, 2.24) is 0 Å². The summed E-state index contributed by atoms with van der Waals surface area (Å²) in [5.74, 6) is -0.427. The van der Waals surface area contributed by atoms with E-state index in [-0.39, 0.29) is 43.9 Å². The first kappa shape index (κ1) is 16.3. The van der Waals surface area contributed by atoms with Gasteiger partial charge >= 0.3 is 143 Å². The molecule has 23 heavy (non-hydrogen) atoms. The predicted octanol–water partition coefficient (Wildman–Crippen LogP) is 2.75. The van der Waals surface area contributed by atoms with Crippen molar-refractivity contribution in [2.45, 2.75) is 23.9 Å². The van der Waals surface area contributed by atoms with Gasteiger partial charge in [-0.3, -0.25) is 0 Å². The quantitative estimate of drug-likeness (QED) is 0.609. The molecule has 4 heteroatoms. The molecular formula is C19H20O3Se. The van der Waals surface area contributed by atoms with Crippen LogP contribution in [0.3, 0.4) is 0 Å². The van der Waals surface area contributed by atoms with Crippen LogP contribution >= 0.6 is 0 Å². The summed E-state index contributed by atoms with van der Waals surface area (Å²) in [6.45, 7) is 2.06. The molecule has 1 fully saturated rings. The van der Waals surface area contributed by atoms with Crippen LogP contribution in [0.15, 0.2) is 60.7 Å². The van der Waals surface area contributed by atoms with E-state index in [2.05, 4.69) is 19.1 Å². The molecule has 0 bridgehead atoms. The first-order valence-electron chi connectivity index (χ1n) is 7.70. The van der Waals surface area contributed by atoms with Crippen LogP contribution < -0.4 is 4.46 Å². The Morgan fingerprint density at radius 3 is 2.26 bits per heavy atom. The molecule has 1 saturated heterocycles. The van der Waals surface area contributed by atoms with Crippen LogP contribution in [0.2, 0.25) is 4.82 Å². The third-order valence-corrected chi connectivity index (χ3v) is 7.25. The van der Waals surface area contributed by atoms with Crippen LogP contribution in [0.5, 0.6) is 0 Å². The van der Waals surface area contributed by atoms with Crippen molar-refractivity contribution in [3.8, 4) is 0 Å². The second-order valence-electron chi connectivity index (χ2n) is 5.62. The number of hydrogen-bond donors (Lipinski definition) is 0. The van der Waals surface area contributed by atoms with E-state index in [4.69, 9.17) is 9.47 Å². The van der Waals surface area contributed by atoms with Crippen molar-refractivity contribution >= 4 is 25.4 Å². The fourth-order valence-electron chi connectivity index (χ4n) is 3.01. The van der Waals surface area contributed by atoms with E-state index in [1.54, 1.807) is 0 Å². The third kappa shape index (κ3) is 3.50. The fourth-order valence-corrected chi connectivity index (χ4v) is 5.70. The SMILES string of the molecule is COC(=O)[C@H]1[C@@H]([Se]c2ccccc2)[C@H](C)O[C@@H]1c1ccccc1. The number of carbonyl (C=O) groups excluding carboxylic acids is 1. The fraction of sp³-hybridized carbons (Fsp3) is 0.316. The molecule has 0 radical (unpaired) electrons. The summed E-state index contributed by atoms with van der Waals surface area (Å²) in [5, 5.41) is 0. The first-order chi connectivity index (χ1) is 11.2. The average Bonchev–Trinajstić information content (AvgIpc) is 2.92. The van der Waals surface area contributed by atoms with Gasteiger partial charge in [0.25, 0.3) is 0 Å². The zero-order valence-corrected chi connectivity index (χ0v) is 14.9. The van der Waals surface area contributed by atoms with Crippen molar-refractivity contribution in [1.29, 1.82) is 0 Å². The van der Waals surface area contributed by atoms with Crippen LogP contribution in [-0.2, 0) is 14.3 Å². The van der Waals surface area contributed by atoms with E-state index < -0.39 is 0 Å². The molecule has 1 aliphatic rings. The Bertz CT molecular complexity index is 644. The Morgan fingerprint density at radius 2 is 1.65 bits per heavy atom. The molecule has 3 rings (SSSR count). The van der Waals surface area contributed by atoms with Crippen LogP contribution in [0.1, 0.15) is 18.6 Å². The number of ether oxygens (including phenoxy) is 2. The van der Waals surface area contributed by atoms with E-state index in [0.717, 1.165) is 5.56 Å². The molecule has 0 saturated carbocycles. The van der Waals surface area contributed by atoms with E-state index in [1.165, 1.54) is 11.6 Å². The molecule has 120 valence electrons. The van der Waals surface area contributed by atoms with E-state index in [0.29, 0.717) is 0 Å². The molecule has 2 aromatic carbocycles. The normalized spacial score (nSPS) is 26.9. The molecule has 3 nitrogen and oxygen atoms in total. The van der Waals surface area contributed by atoms with Gasteiger partial charge in [0, 0.05) is 0 Å². The molecule has 0 N–H and O–H groups in total. The molecule has 0 spiro atoms. The van der Waals surface area contributed by atoms with Crippen LogP contribution in [0, 0.1) is 5.92 Å². The molecular weight excluding hydrogens is 355 g/mol. The minimum absolute atomic E-state index is 0.0320. The van der Waals surface area contributed by atoms with Crippen molar-refractivity contribution in [3.63, 3.8) is 0 Å². The average molecular weight is 375 g/mol. The Morgan fingerprint density at radius 1 is 1.04 bits per heavy atom. The van der Waals surface area contributed by atoms with Gasteiger partial charge in [0.15, 0.2) is 0 Å². The van der Waals surface area contributed by atoms with Gasteiger partial charge in [0.2, 0.25) is 0 Å². The molecule has 0 amide bonds. The minimum atomic E-state index is -0.252. The first-order valence-corrected chi connectivity index (χ1v) is 9.55. The summed E-state index contributed by atoms with van der Waals surface area (Å²) in [6, 6.07) is 20.3. The van der Waals surface area contributed by atoms with Gasteiger partial charge < -0.3 is 0 Å². The van der Waals surface area contributed by atoms with Gasteiger partial charge in [-0.2, -0.15) is 0 Å². The number of rotatable bonds is 4. The second-order valence-corrected chi connectivity index (χ2v) is 8.24. The van der Waals surface area contributed by atoms with E-state index in [1.807, 2.05) is 48.5 Å².